The maximum atomic E-state index is 9.97. The normalized spacial score (nSPS) is 14.8. The van der Waals surface area contributed by atoms with E-state index in [0.717, 1.165) is 0 Å². The number of phosphoric acid groups is 1. The molecule has 0 aliphatic rings. The van der Waals surface area contributed by atoms with Gasteiger partial charge in [0.2, 0.25) is 0 Å². The smallest absolute Gasteiger partial charge is 0.327 e. The largest absolute Gasteiger partial charge is 0.459 e. The molecule has 7 nitrogen and oxygen atoms in total. The molecule has 0 fully saturated rings. The molecular weight excluding hydrogens is 202 g/mol. The molecule has 0 aromatic carbocycles. The van der Waals surface area contributed by atoms with Gasteiger partial charge in [0.25, 0.3) is 0 Å². The van der Waals surface area contributed by atoms with Gasteiger partial charge in [-0.05, 0) is 0 Å². The van der Waals surface area contributed by atoms with E-state index >= 15 is 0 Å². The Hall–Kier alpha value is 0.477. The highest BCUT2D eigenvalue weighted by atomic mass is 31.4. The first-order valence-corrected chi connectivity index (χ1v) is 7.76. The zero-order chi connectivity index (χ0) is 8.41. The molecule has 0 aromatic heterocycles. The maximum absolute atomic E-state index is 9.97. The lowest BCUT2D eigenvalue weighted by atomic mass is 15.7. The van der Waals surface area contributed by atoms with Crippen LogP contribution in [0.4, 0.5) is 0 Å². The van der Waals surface area contributed by atoms with Gasteiger partial charge < -0.3 is 23.8 Å². The Morgan fingerprint density at radius 1 is 1.10 bits per heavy atom. The molecule has 0 amide bonds. The lowest BCUT2D eigenvalue weighted by Gasteiger charge is -2.04. The SMILES string of the molecule is O=P(O)(O)O[SiH2]P(=O)(O)O. The van der Waals surface area contributed by atoms with Gasteiger partial charge in [-0.3, -0.25) is 4.57 Å². The molecule has 0 rings (SSSR count). The molecule has 0 unspecified atom stereocenters. The fourth-order valence-corrected chi connectivity index (χ4v) is 4.06. The molecule has 0 spiro atoms. The van der Waals surface area contributed by atoms with Gasteiger partial charge in [0.15, 0.2) is 0 Å². The first kappa shape index (κ1) is 10.5. The Morgan fingerprint density at radius 2 is 1.50 bits per heavy atom. The molecule has 0 aliphatic carbocycles. The van der Waals surface area contributed by atoms with Crippen molar-refractivity contribution in [3.8, 4) is 0 Å². The Morgan fingerprint density at radius 3 is 1.60 bits per heavy atom. The highest BCUT2D eigenvalue weighted by molar-refractivity contribution is 7.82. The molecule has 0 saturated heterocycles. The topological polar surface area (TPSA) is 124 Å². The monoisotopic (exact) mass is 208 g/mol. The number of hydrogen-bond donors (Lipinski definition) is 4. The summed E-state index contributed by atoms with van der Waals surface area (Å²) in [4.78, 5) is 32.1. The van der Waals surface area contributed by atoms with E-state index in [4.69, 9.17) is 19.6 Å². The first-order chi connectivity index (χ1) is 4.21. The Kier molecular flexibility index (Phi) is 3.40. The van der Waals surface area contributed by atoms with Crippen LogP contribution in [-0.4, -0.2) is 29.0 Å². The van der Waals surface area contributed by atoms with E-state index in [2.05, 4.69) is 4.21 Å². The van der Waals surface area contributed by atoms with Crippen molar-refractivity contribution in [2.24, 2.45) is 0 Å². The second kappa shape index (κ2) is 3.25. The summed E-state index contributed by atoms with van der Waals surface area (Å²) in [6, 6.07) is 0. The van der Waals surface area contributed by atoms with Gasteiger partial charge in [-0.2, -0.15) is 0 Å². The second-order valence-corrected chi connectivity index (χ2v) is 8.26. The van der Waals surface area contributed by atoms with Gasteiger partial charge in [0.1, 0.15) is 0 Å². The van der Waals surface area contributed by atoms with Crippen molar-refractivity contribution >= 4 is 24.4 Å². The van der Waals surface area contributed by atoms with Gasteiger partial charge in [0.05, 0.1) is 0 Å². The molecule has 0 radical (unpaired) electrons. The van der Waals surface area contributed by atoms with Crippen LogP contribution in [0.15, 0.2) is 0 Å². The van der Waals surface area contributed by atoms with E-state index in [0.29, 0.717) is 0 Å². The molecule has 10 heavy (non-hydrogen) atoms. The van der Waals surface area contributed by atoms with Crippen LogP contribution in [0.2, 0.25) is 0 Å². The second-order valence-electron chi connectivity index (χ2n) is 1.41. The lowest BCUT2D eigenvalue weighted by Crippen LogP contribution is -1.97. The van der Waals surface area contributed by atoms with E-state index in [-0.39, 0.29) is 0 Å². The zero-order valence-electron chi connectivity index (χ0n) is 4.62. The molecule has 0 heterocycles. The fraction of sp³-hybridized carbons (Fsp3) is 0. The third-order valence-electron chi connectivity index (χ3n) is 0.394. The summed E-state index contributed by atoms with van der Waals surface area (Å²) >= 11 is 0. The minimum Gasteiger partial charge on any atom is -0.327 e. The minimum absolute atomic E-state index is 2.45. The van der Waals surface area contributed by atoms with Crippen LogP contribution < -0.4 is 0 Å². The van der Waals surface area contributed by atoms with Gasteiger partial charge in [-0.1, -0.05) is 0 Å². The van der Waals surface area contributed by atoms with Gasteiger partial charge in [0, 0.05) is 0 Å². The van der Waals surface area contributed by atoms with Crippen molar-refractivity contribution in [2.45, 2.75) is 0 Å². The Bertz CT molecular complexity index is 162. The maximum Gasteiger partial charge on any atom is 0.459 e. The van der Waals surface area contributed by atoms with E-state index < -0.39 is 24.4 Å². The van der Waals surface area contributed by atoms with Crippen molar-refractivity contribution in [3.63, 3.8) is 0 Å². The Labute approximate surface area is 58.2 Å². The molecule has 0 saturated carbocycles. The quantitative estimate of drug-likeness (QED) is 0.321. The van der Waals surface area contributed by atoms with Crippen LogP contribution >= 0.6 is 15.0 Å². The van der Waals surface area contributed by atoms with Crippen LogP contribution in [0, 0.1) is 0 Å². The fourth-order valence-electron chi connectivity index (χ4n) is 0.150. The highest BCUT2D eigenvalue weighted by Crippen LogP contribution is 2.42. The minimum atomic E-state index is -4.69. The molecule has 0 aliphatic heterocycles. The van der Waals surface area contributed by atoms with Crippen LogP contribution in [0.1, 0.15) is 0 Å². The predicted octanol–water partition coefficient (Wildman–Crippen LogP) is -1.73. The average molecular weight is 208 g/mol. The zero-order valence-corrected chi connectivity index (χ0v) is 7.82. The third kappa shape index (κ3) is 8.48. The third-order valence-corrected chi connectivity index (χ3v) is 4.59. The van der Waals surface area contributed by atoms with Crippen LogP contribution in [0.25, 0.3) is 0 Å². The summed E-state index contributed by atoms with van der Waals surface area (Å²) in [5, 5.41) is 0. The average Bonchev–Trinajstić information content (AvgIpc) is 1.57. The molecule has 0 aromatic rings. The van der Waals surface area contributed by atoms with E-state index in [1.165, 1.54) is 0 Å². The summed E-state index contributed by atoms with van der Waals surface area (Å²) in [7, 11) is -11.5. The number of hydrogen-bond acceptors (Lipinski definition) is 3. The first-order valence-electron chi connectivity index (χ1n) is 1.95. The summed E-state index contributed by atoms with van der Waals surface area (Å²) < 4.78 is 23.4. The van der Waals surface area contributed by atoms with Gasteiger partial charge in [-0.15, -0.1) is 0 Å². The van der Waals surface area contributed by atoms with E-state index in [1.54, 1.807) is 0 Å². The van der Waals surface area contributed by atoms with Crippen molar-refractivity contribution in [1.29, 1.82) is 0 Å². The highest BCUT2D eigenvalue weighted by Gasteiger charge is 2.22. The molecule has 10 heteroatoms. The van der Waals surface area contributed by atoms with Crippen molar-refractivity contribution < 1.29 is 32.9 Å². The van der Waals surface area contributed by atoms with Crippen molar-refractivity contribution in [2.75, 3.05) is 0 Å². The number of rotatable bonds is 3. The van der Waals surface area contributed by atoms with Crippen LogP contribution in [-0.2, 0) is 13.3 Å². The summed E-state index contributed by atoms with van der Waals surface area (Å²) in [6.45, 7) is 0. The summed E-state index contributed by atoms with van der Waals surface area (Å²) in [5.41, 5.74) is 0. The molecular formula is H6O7P2Si. The molecule has 0 atom stereocenters. The van der Waals surface area contributed by atoms with Gasteiger partial charge in [-0.25, -0.2) is 4.57 Å². The standard InChI is InChI=1S/H6O7P2Si/c1-8(2,3)7-10-9(4,5)6/h10H2,(H2,1,2,3)(H2,4,5,6). The van der Waals surface area contributed by atoms with E-state index in [1.807, 2.05) is 0 Å². The summed E-state index contributed by atoms with van der Waals surface area (Å²) in [5.74, 6) is 0. The van der Waals surface area contributed by atoms with Crippen molar-refractivity contribution in [3.05, 3.63) is 0 Å². The molecule has 0 bridgehead atoms. The van der Waals surface area contributed by atoms with Gasteiger partial charge >= 0.3 is 24.4 Å². The molecule has 62 valence electrons. The van der Waals surface area contributed by atoms with Crippen molar-refractivity contribution in [1.82, 2.24) is 0 Å². The lowest BCUT2D eigenvalue weighted by molar-refractivity contribution is 0.286. The van der Waals surface area contributed by atoms with Crippen LogP contribution in [0.3, 0.4) is 0 Å². The summed E-state index contributed by atoms with van der Waals surface area (Å²) in [6.07, 6.45) is 0. The Balaban J connectivity index is 3.79. The predicted molar refractivity (Wildman–Crippen MR) is 33.7 cm³/mol. The van der Waals surface area contributed by atoms with Crippen LogP contribution in [0.5, 0.6) is 0 Å². The van der Waals surface area contributed by atoms with E-state index in [9.17, 15) is 9.13 Å². The molecule has 4 N–H and O–H groups in total.